The van der Waals surface area contributed by atoms with E-state index in [1.54, 1.807) is 4.52 Å². The second-order valence-electron chi connectivity index (χ2n) is 3.97. The molecule has 1 aliphatic heterocycles. The van der Waals surface area contributed by atoms with Crippen molar-refractivity contribution in [3.8, 4) is 0 Å². The van der Waals surface area contributed by atoms with E-state index in [2.05, 4.69) is 10.1 Å². The van der Waals surface area contributed by atoms with Gasteiger partial charge in [0, 0.05) is 12.5 Å². The summed E-state index contributed by atoms with van der Waals surface area (Å²) in [5.74, 6) is 1.21. The van der Waals surface area contributed by atoms with Gasteiger partial charge >= 0.3 is 0 Å². The van der Waals surface area contributed by atoms with Crippen molar-refractivity contribution in [3.63, 3.8) is 0 Å². The topological polar surface area (TPSA) is 91.5 Å². The summed E-state index contributed by atoms with van der Waals surface area (Å²) >= 11 is 0. The number of aromatic nitrogens is 3. The Hall–Kier alpha value is -1.82. The van der Waals surface area contributed by atoms with Crippen LogP contribution in [0.1, 0.15) is 17.9 Å². The minimum absolute atomic E-state index is 0.242. The molecule has 1 aliphatic rings. The summed E-state index contributed by atoms with van der Waals surface area (Å²) in [6, 6.07) is 3.87. The summed E-state index contributed by atoms with van der Waals surface area (Å²) in [4.78, 5) is 4.06. The molecule has 0 saturated carbocycles. The molecule has 0 radical (unpaired) electrons. The number of fused-ring (bicyclic) bond motifs is 1. The fourth-order valence-electron chi connectivity index (χ4n) is 2.12. The fraction of sp³-hybridized carbons (Fsp3) is 0.400. The lowest BCUT2D eigenvalue weighted by Crippen LogP contribution is -2.08. The largest absolute Gasteiger partial charge is 0.383 e. The van der Waals surface area contributed by atoms with Gasteiger partial charge in [-0.2, -0.15) is 9.50 Å². The van der Waals surface area contributed by atoms with E-state index < -0.39 is 0 Å². The summed E-state index contributed by atoms with van der Waals surface area (Å²) in [5, 5.41) is 4.06. The maximum absolute atomic E-state index is 6.06. The SMILES string of the molecule is Nc1nc2ccc(C3CCOC3)c(N)n2n1. The Morgan fingerprint density at radius 3 is 3.00 bits per heavy atom. The zero-order valence-corrected chi connectivity index (χ0v) is 8.76. The maximum atomic E-state index is 6.06. The normalized spacial score (nSPS) is 20.6. The average Bonchev–Trinajstić information content (AvgIpc) is 2.86. The van der Waals surface area contributed by atoms with Crippen LogP contribution in [-0.4, -0.2) is 27.8 Å². The van der Waals surface area contributed by atoms with Crippen molar-refractivity contribution in [2.24, 2.45) is 0 Å². The highest BCUT2D eigenvalue weighted by molar-refractivity contribution is 5.54. The molecule has 0 spiro atoms. The van der Waals surface area contributed by atoms with Crippen LogP contribution in [0.25, 0.3) is 5.65 Å². The van der Waals surface area contributed by atoms with Crippen LogP contribution in [0.5, 0.6) is 0 Å². The van der Waals surface area contributed by atoms with Crippen molar-refractivity contribution in [3.05, 3.63) is 17.7 Å². The Kier molecular flexibility index (Phi) is 1.97. The molecule has 1 atom stereocenters. The molecular weight excluding hydrogens is 206 g/mol. The van der Waals surface area contributed by atoms with Gasteiger partial charge in [0.2, 0.25) is 5.95 Å². The molecule has 0 amide bonds. The van der Waals surface area contributed by atoms with Gasteiger partial charge in [0.15, 0.2) is 5.65 Å². The first-order valence-electron chi connectivity index (χ1n) is 5.24. The molecule has 0 aliphatic carbocycles. The number of nitrogens with two attached hydrogens (primary N) is 2. The van der Waals surface area contributed by atoms with Gasteiger partial charge in [0.25, 0.3) is 0 Å². The van der Waals surface area contributed by atoms with E-state index in [1.165, 1.54) is 0 Å². The smallest absolute Gasteiger partial charge is 0.240 e. The molecule has 6 nitrogen and oxygen atoms in total. The minimum atomic E-state index is 0.242. The van der Waals surface area contributed by atoms with Crippen LogP contribution in [0.4, 0.5) is 11.8 Å². The van der Waals surface area contributed by atoms with Crippen LogP contribution in [0, 0.1) is 0 Å². The van der Waals surface area contributed by atoms with Crippen molar-refractivity contribution < 1.29 is 4.74 Å². The first-order valence-corrected chi connectivity index (χ1v) is 5.24. The zero-order valence-electron chi connectivity index (χ0n) is 8.76. The predicted octanol–water partition coefficient (Wildman–Crippen LogP) is 0.398. The third-order valence-electron chi connectivity index (χ3n) is 2.95. The second kappa shape index (κ2) is 3.34. The number of hydrogen-bond donors (Lipinski definition) is 2. The van der Waals surface area contributed by atoms with Crippen molar-refractivity contribution in [2.45, 2.75) is 12.3 Å². The lowest BCUT2D eigenvalue weighted by molar-refractivity contribution is 0.194. The first kappa shape index (κ1) is 9.41. The third-order valence-corrected chi connectivity index (χ3v) is 2.95. The van der Waals surface area contributed by atoms with E-state index >= 15 is 0 Å². The number of rotatable bonds is 1. The van der Waals surface area contributed by atoms with Crippen molar-refractivity contribution in [2.75, 3.05) is 24.7 Å². The minimum Gasteiger partial charge on any atom is -0.383 e. The number of pyridine rings is 1. The van der Waals surface area contributed by atoms with Crippen molar-refractivity contribution >= 4 is 17.4 Å². The first-order chi connectivity index (χ1) is 7.75. The number of hydrogen-bond acceptors (Lipinski definition) is 5. The highest BCUT2D eigenvalue weighted by Gasteiger charge is 2.21. The van der Waals surface area contributed by atoms with Gasteiger partial charge in [-0.15, -0.1) is 5.10 Å². The molecule has 2 aromatic heterocycles. The lowest BCUT2D eigenvalue weighted by Gasteiger charge is -2.11. The van der Waals surface area contributed by atoms with Gasteiger partial charge in [0.05, 0.1) is 6.61 Å². The van der Waals surface area contributed by atoms with Crippen LogP contribution in [0.2, 0.25) is 0 Å². The summed E-state index contributed by atoms with van der Waals surface area (Å²) < 4.78 is 6.94. The van der Waals surface area contributed by atoms with Gasteiger partial charge in [-0.1, -0.05) is 6.07 Å². The van der Waals surface area contributed by atoms with Crippen LogP contribution in [0.3, 0.4) is 0 Å². The Balaban J connectivity index is 2.14. The maximum Gasteiger partial charge on any atom is 0.240 e. The predicted molar refractivity (Wildman–Crippen MR) is 60.0 cm³/mol. The molecule has 1 unspecified atom stereocenters. The Bertz CT molecular complexity index is 529. The van der Waals surface area contributed by atoms with Gasteiger partial charge in [-0.25, -0.2) is 0 Å². The quantitative estimate of drug-likeness (QED) is 0.724. The molecule has 1 fully saturated rings. The van der Waals surface area contributed by atoms with E-state index in [4.69, 9.17) is 16.2 Å². The molecular formula is C10H13N5O. The molecule has 0 bridgehead atoms. The van der Waals surface area contributed by atoms with Gasteiger partial charge < -0.3 is 16.2 Å². The molecule has 84 valence electrons. The average molecular weight is 219 g/mol. The molecule has 2 aromatic rings. The molecule has 4 N–H and O–H groups in total. The van der Waals surface area contributed by atoms with Gasteiger partial charge in [-0.3, -0.25) is 0 Å². The summed E-state index contributed by atoms with van der Waals surface area (Å²) in [6.07, 6.45) is 1.000. The Morgan fingerprint density at radius 2 is 2.25 bits per heavy atom. The summed E-state index contributed by atoms with van der Waals surface area (Å²) in [6.45, 7) is 1.52. The molecule has 1 saturated heterocycles. The number of anilines is 2. The highest BCUT2D eigenvalue weighted by Crippen LogP contribution is 2.29. The van der Waals surface area contributed by atoms with E-state index in [9.17, 15) is 0 Å². The molecule has 6 heteroatoms. The number of nitrogens with zero attached hydrogens (tertiary/aromatic N) is 3. The lowest BCUT2D eigenvalue weighted by atomic mass is 9.99. The molecule has 0 aromatic carbocycles. The van der Waals surface area contributed by atoms with Gasteiger partial charge in [-0.05, 0) is 18.1 Å². The second-order valence-corrected chi connectivity index (χ2v) is 3.97. The number of nitrogen functional groups attached to an aromatic ring is 2. The Morgan fingerprint density at radius 1 is 1.38 bits per heavy atom. The van der Waals surface area contributed by atoms with E-state index in [0.29, 0.717) is 17.4 Å². The van der Waals surface area contributed by atoms with Crippen LogP contribution in [-0.2, 0) is 4.74 Å². The van der Waals surface area contributed by atoms with E-state index in [0.717, 1.165) is 25.2 Å². The Labute approximate surface area is 92.2 Å². The summed E-state index contributed by atoms with van der Waals surface area (Å²) in [5.41, 5.74) is 13.3. The molecule has 3 heterocycles. The summed E-state index contributed by atoms with van der Waals surface area (Å²) in [7, 11) is 0. The van der Waals surface area contributed by atoms with Crippen molar-refractivity contribution in [1.29, 1.82) is 0 Å². The standard InChI is InChI=1S/C10H13N5O/c11-9-7(6-3-4-16-5-6)1-2-8-13-10(12)14-15(8)9/h1-2,6H,3-5,11H2,(H2,12,14). The molecule has 16 heavy (non-hydrogen) atoms. The van der Waals surface area contributed by atoms with Crippen LogP contribution >= 0.6 is 0 Å². The zero-order chi connectivity index (χ0) is 11.1. The molecule has 3 rings (SSSR count). The van der Waals surface area contributed by atoms with E-state index in [1.807, 2.05) is 12.1 Å². The van der Waals surface area contributed by atoms with Crippen LogP contribution < -0.4 is 11.5 Å². The third kappa shape index (κ3) is 1.30. The van der Waals surface area contributed by atoms with Gasteiger partial charge in [0.1, 0.15) is 5.82 Å². The van der Waals surface area contributed by atoms with E-state index in [-0.39, 0.29) is 5.95 Å². The fourth-order valence-corrected chi connectivity index (χ4v) is 2.12. The monoisotopic (exact) mass is 219 g/mol. The van der Waals surface area contributed by atoms with Crippen LogP contribution in [0.15, 0.2) is 12.1 Å². The van der Waals surface area contributed by atoms with Crippen molar-refractivity contribution in [1.82, 2.24) is 14.6 Å². The highest BCUT2D eigenvalue weighted by atomic mass is 16.5. The number of ether oxygens (including phenoxy) is 1.